The number of anilines is 1. The number of amides is 1. The Bertz CT molecular complexity index is 833. The second-order valence-electron chi connectivity index (χ2n) is 5.12. The van der Waals surface area contributed by atoms with Crippen LogP contribution in [0.2, 0.25) is 0 Å². The third-order valence-corrected chi connectivity index (χ3v) is 3.17. The molecule has 0 heterocycles. The van der Waals surface area contributed by atoms with Gasteiger partial charge in [0.05, 0.1) is 5.56 Å². The van der Waals surface area contributed by atoms with Gasteiger partial charge in [0.2, 0.25) is 0 Å². The molecule has 6 heteroatoms. The number of carbonyl (C=O) groups excluding carboxylic acids is 1. The Morgan fingerprint density at radius 3 is 2.50 bits per heavy atom. The first-order chi connectivity index (χ1) is 11.3. The lowest BCUT2D eigenvalue weighted by molar-refractivity contribution is -0.137. The van der Waals surface area contributed by atoms with Crippen LogP contribution in [0.4, 0.5) is 18.9 Å². The summed E-state index contributed by atoms with van der Waals surface area (Å²) < 4.78 is 38.0. The van der Waals surface area contributed by atoms with E-state index in [0.717, 1.165) is 17.7 Å². The number of alkyl halides is 3. The third-order valence-electron chi connectivity index (χ3n) is 3.17. The first kappa shape index (κ1) is 17.3. The molecule has 0 fully saturated rings. The van der Waals surface area contributed by atoms with Gasteiger partial charge in [0.1, 0.15) is 11.6 Å². The van der Waals surface area contributed by atoms with Crippen LogP contribution in [-0.2, 0) is 11.0 Å². The number of rotatable bonds is 3. The Morgan fingerprint density at radius 1 is 1.17 bits per heavy atom. The summed E-state index contributed by atoms with van der Waals surface area (Å²) in [6, 6.07) is 13.2. The fourth-order valence-electron chi connectivity index (χ4n) is 2.05. The number of hydrogen-bond donors (Lipinski definition) is 1. The zero-order valence-corrected chi connectivity index (χ0v) is 12.7. The number of carbonyl (C=O) groups is 1. The number of halogens is 3. The van der Waals surface area contributed by atoms with Crippen LogP contribution in [-0.4, -0.2) is 5.91 Å². The molecule has 0 atom stereocenters. The fourth-order valence-corrected chi connectivity index (χ4v) is 2.05. The topological polar surface area (TPSA) is 52.9 Å². The van der Waals surface area contributed by atoms with Gasteiger partial charge in [-0.05, 0) is 36.8 Å². The lowest BCUT2D eigenvalue weighted by Gasteiger charge is -2.09. The van der Waals surface area contributed by atoms with Crippen molar-refractivity contribution in [3.63, 3.8) is 0 Å². The van der Waals surface area contributed by atoms with Gasteiger partial charge >= 0.3 is 6.18 Å². The third kappa shape index (κ3) is 4.46. The first-order valence-electron chi connectivity index (χ1n) is 6.96. The molecule has 2 rings (SSSR count). The molecule has 0 aliphatic heterocycles. The largest absolute Gasteiger partial charge is 0.416 e. The van der Waals surface area contributed by atoms with Crippen LogP contribution in [0.25, 0.3) is 6.08 Å². The molecule has 0 saturated heterocycles. The normalized spacial score (nSPS) is 11.7. The minimum absolute atomic E-state index is 0.0276. The van der Waals surface area contributed by atoms with Gasteiger partial charge in [-0.2, -0.15) is 18.4 Å². The number of aryl methyl sites for hydroxylation is 1. The summed E-state index contributed by atoms with van der Waals surface area (Å²) in [5.41, 5.74) is 0.518. The Hall–Kier alpha value is -3.07. The summed E-state index contributed by atoms with van der Waals surface area (Å²) in [6.45, 7) is 1.87. The van der Waals surface area contributed by atoms with Crippen LogP contribution in [0.3, 0.4) is 0 Å². The van der Waals surface area contributed by atoms with Crippen LogP contribution in [0.15, 0.2) is 54.1 Å². The number of nitrogens with one attached hydrogen (secondary N) is 1. The molecular weight excluding hydrogens is 317 g/mol. The highest BCUT2D eigenvalue weighted by Crippen LogP contribution is 2.30. The highest BCUT2D eigenvalue weighted by atomic mass is 19.4. The van der Waals surface area contributed by atoms with Gasteiger partial charge in [0, 0.05) is 5.69 Å². The monoisotopic (exact) mass is 330 g/mol. The quantitative estimate of drug-likeness (QED) is 0.662. The van der Waals surface area contributed by atoms with Crippen molar-refractivity contribution >= 4 is 17.7 Å². The van der Waals surface area contributed by atoms with E-state index in [-0.39, 0.29) is 11.3 Å². The summed E-state index contributed by atoms with van der Waals surface area (Å²) in [5.74, 6) is -0.765. The molecule has 2 aromatic carbocycles. The highest BCUT2D eigenvalue weighted by molar-refractivity contribution is 6.09. The second kappa shape index (κ2) is 7.01. The lowest BCUT2D eigenvalue weighted by atomic mass is 10.1. The average Bonchev–Trinajstić information content (AvgIpc) is 2.52. The van der Waals surface area contributed by atoms with E-state index in [9.17, 15) is 18.0 Å². The van der Waals surface area contributed by atoms with E-state index in [0.29, 0.717) is 5.56 Å². The van der Waals surface area contributed by atoms with E-state index in [1.165, 1.54) is 18.2 Å². The molecule has 0 spiro atoms. The van der Waals surface area contributed by atoms with Crippen LogP contribution >= 0.6 is 0 Å². The Labute approximate surface area is 137 Å². The lowest BCUT2D eigenvalue weighted by Crippen LogP contribution is -2.14. The smallest absolute Gasteiger partial charge is 0.321 e. The number of benzene rings is 2. The predicted octanol–water partition coefficient (Wildman–Crippen LogP) is 4.56. The van der Waals surface area contributed by atoms with Crippen LogP contribution in [0, 0.1) is 18.3 Å². The molecule has 3 nitrogen and oxygen atoms in total. The standard InChI is InChI=1S/C18H13F3N2O/c1-12-4-2-5-13(8-12)9-14(11-22)17(24)23-16-7-3-6-15(10-16)18(19,20)21/h2-10H,1H3,(H,23,24)/b14-9+. The van der Waals surface area contributed by atoms with Crippen molar-refractivity contribution in [2.24, 2.45) is 0 Å². The minimum atomic E-state index is -4.50. The minimum Gasteiger partial charge on any atom is -0.321 e. The van der Waals surface area contributed by atoms with E-state index >= 15 is 0 Å². The summed E-state index contributed by atoms with van der Waals surface area (Å²) in [4.78, 5) is 12.1. The molecule has 1 N–H and O–H groups in total. The number of nitriles is 1. The summed E-state index contributed by atoms with van der Waals surface area (Å²) in [5, 5.41) is 11.4. The maximum Gasteiger partial charge on any atom is 0.416 e. The number of hydrogen-bond acceptors (Lipinski definition) is 2. The number of nitrogens with zero attached hydrogens (tertiary/aromatic N) is 1. The fraction of sp³-hybridized carbons (Fsp3) is 0.111. The van der Waals surface area contributed by atoms with Gasteiger partial charge in [-0.25, -0.2) is 0 Å². The van der Waals surface area contributed by atoms with Crippen LogP contribution in [0.1, 0.15) is 16.7 Å². The van der Waals surface area contributed by atoms with Crippen molar-refractivity contribution in [2.75, 3.05) is 5.32 Å². The second-order valence-corrected chi connectivity index (χ2v) is 5.12. The van der Waals surface area contributed by atoms with Gasteiger partial charge in [0.25, 0.3) is 5.91 Å². The summed E-state index contributed by atoms with van der Waals surface area (Å²) in [6.07, 6.45) is -3.12. The van der Waals surface area contributed by atoms with E-state index in [4.69, 9.17) is 5.26 Å². The Kier molecular flexibility index (Phi) is 5.05. The molecule has 1 amide bonds. The van der Waals surface area contributed by atoms with E-state index in [1.54, 1.807) is 24.3 Å². The molecule has 0 aromatic heterocycles. The van der Waals surface area contributed by atoms with Crippen molar-refractivity contribution in [3.05, 3.63) is 70.8 Å². The molecule has 0 unspecified atom stereocenters. The van der Waals surface area contributed by atoms with Gasteiger partial charge in [0.15, 0.2) is 0 Å². The van der Waals surface area contributed by atoms with E-state index in [1.807, 2.05) is 13.0 Å². The molecule has 2 aromatic rings. The van der Waals surface area contributed by atoms with E-state index in [2.05, 4.69) is 5.32 Å². The molecule has 0 saturated carbocycles. The molecule has 24 heavy (non-hydrogen) atoms. The van der Waals surface area contributed by atoms with Crippen LogP contribution < -0.4 is 5.32 Å². The average molecular weight is 330 g/mol. The van der Waals surface area contributed by atoms with Gasteiger partial charge in [-0.15, -0.1) is 0 Å². The van der Waals surface area contributed by atoms with Crippen molar-refractivity contribution in [1.29, 1.82) is 5.26 Å². The van der Waals surface area contributed by atoms with Crippen molar-refractivity contribution < 1.29 is 18.0 Å². The van der Waals surface area contributed by atoms with Crippen LogP contribution in [0.5, 0.6) is 0 Å². The SMILES string of the molecule is Cc1cccc(/C=C(\C#N)C(=O)Nc2cccc(C(F)(F)F)c2)c1. The Morgan fingerprint density at radius 2 is 1.88 bits per heavy atom. The van der Waals surface area contributed by atoms with Crippen molar-refractivity contribution in [2.45, 2.75) is 13.1 Å². The molecular formula is C18H13F3N2O. The molecule has 0 aliphatic carbocycles. The summed E-state index contributed by atoms with van der Waals surface area (Å²) in [7, 11) is 0. The zero-order chi connectivity index (χ0) is 17.7. The van der Waals surface area contributed by atoms with Gasteiger partial charge in [-0.3, -0.25) is 4.79 Å². The molecule has 122 valence electrons. The van der Waals surface area contributed by atoms with Gasteiger partial charge < -0.3 is 5.32 Å². The Balaban J connectivity index is 2.23. The van der Waals surface area contributed by atoms with Gasteiger partial charge in [-0.1, -0.05) is 35.9 Å². The predicted molar refractivity (Wildman–Crippen MR) is 84.8 cm³/mol. The molecule has 0 radical (unpaired) electrons. The maximum atomic E-state index is 12.7. The maximum absolute atomic E-state index is 12.7. The zero-order valence-electron chi connectivity index (χ0n) is 12.7. The van der Waals surface area contributed by atoms with Crippen molar-refractivity contribution in [1.82, 2.24) is 0 Å². The molecule has 0 bridgehead atoms. The van der Waals surface area contributed by atoms with E-state index < -0.39 is 17.6 Å². The summed E-state index contributed by atoms with van der Waals surface area (Å²) >= 11 is 0. The van der Waals surface area contributed by atoms with Crippen molar-refractivity contribution in [3.8, 4) is 6.07 Å². The highest BCUT2D eigenvalue weighted by Gasteiger charge is 2.30. The first-order valence-corrected chi connectivity index (χ1v) is 6.96. The molecule has 0 aliphatic rings.